The summed E-state index contributed by atoms with van der Waals surface area (Å²) in [6, 6.07) is 0. The molecule has 2 amide bonds. The minimum absolute atomic E-state index is 0.0746. The van der Waals surface area contributed by atoms with Gasteiger partial charge in [-0.05, 0) is 0 Å². The average Bonchev–Trinajstić information content (AvgIpc) is 1.97. The third-order valence-electron chi connectivity index (χ3n) is 2.56. The number of likely N-dealkylation sites (tertiary alicyclic amines) is 1. The van der Waals surface area contributed by atoms with E-state index in [0.29, 0.717) is 0 Å². The maximum absolute atomic E-state index is 11.1. The number of piperidine rings is 1. The van der Waals surface area contributed by atoms with Crippen molar-refractivity contribution in [1.82, 2.24) is 10.2 Å². The number of hydrogen-bond donors (Lipinski definition) is 2. The van der Waals surface area contributed by atoms with Crippen molar-refractivity contribution in [2.45, 2.75) is 18.4 Å². The molecule has 76 valence electrons. The zero-order valence-electron chi connectivity index (χ0n) is 7.45. The zero-order chi connectivity index (χ0) is 10.3. The minimum Gasteiger partial charge on any atom is -0.465 e. The van der Waals surface area contributed by atoms with E-state index in [2.05, 4.69) is 5.32 Å². The summed E-state index contributed by atoms with van der Waals surface area (Å²) in [5, 5.41) is 11.3. The number of nitrogens with one attached hydrogen (secondary N) is 1. The Kier molecular flexibility index (Phi) is 1.73. The molecule has 0 atom stereocenters. The van der Waals surface area contributed by atoms with Crippen LogP contribution in [-0.2, 0) is 9.59 Å². The van der Waals surface area contributed by atoms with Gasteiger partial charge in [0.1, 0.15) is 5.78 Å². The van der Waals surface area contributed by atoms with Crippen LogP contribution in [-0.4, -0.2) is 46.4 Å². The molecule has 2 heterocycles. The van der Waals surface area contributed by atoms with Crippen LogP contribution in [0.25, 0.3) is 0 Å². The molecule has 6 nitrogen and oxygen atoms in total. The van der Waals surface area contributed by atoms with Crippen LogP contribution in [0.2, 0.25) is 0 Å². The van der Waals surface area contributed by atoms with Crippen LogP contribution in [0.1, 0.15) is 12.8 Å². The highest BCUT2D eigenvalue weighted by Crippen LogP contribution is 2.28. The van der Waals surface area contributed by atoms with E-state index in [9.17, 15) is 14.4 Å². The van der Waals surface area contributed by atoms with Crippen molar-refractivity contribution < 1.29 is 19.5 Å². The molecule has 2 fully saturated rings. The lowest BCUT2D eigenvalue weighted by Gasteiger charge is -2.50. The number of carboxylic acid groups (broad SMARTS) is 1. The molecular formula is C8H10N2O4. The van der Waals surface area contributed by atoms with E-state index < -0.39 is 11.6 Å². The molecule has 6 heteroatoms. The summed E-state index contributed by atoms with van der Waals surface area (Å²) in [4.78, 5) is 33.9. The van der Waals surface area contributed by atoms with Crippen LogP contribution in [0.5, 0.6) is 0 Å². The van der Waals surface area contributed by atoms with Gasteiger partial charge < -0.3 is 15.3 Å². The van der Waals surface area contributed by atoms with Gasteiger partial charge in [-0.1, -0.05) is 0 Å². The fraction of sp³-hybridized carbons (Fsp3) is 0.625. The van der Waals surface area contributed by atoms with Crippen LogP contribution in [0.4, 0.5) is 4.79 Å². The Balaban J connectivity index is 2.02. The Labute approximate surface area is 79.9 Å². The van der Waals surface area contributed by atoms with Crippen molar-refractivity contribution in [3.63, 3.8) is 0 Å². The molecule has 2 aliphatic rings. The summed E-state index contributed by atoms with van der Waals surface area (Å²) in [5.74, 6) is -0.412. The van der Waals surface area contributed by atoms with Crippen LogP contribution in [0, 0.1) is 0 Å². The van der Waals surface area contributed by atoms with Gasteiger partial charge in [0.2, 0.25) is 5.91 Å². The normalized spacial score (nSPS) is 24.4. The second kappa shape index (κ2) is 2.70. The largest absolute Gasteiger partial charge is 0.465 e. The van der Waals surface area contributed by atoms with Gasteiger partial charge in [0.15, 0.2) is 0 Å². The van der Waals surface area contributed by atoms with E-state index in [4.69, 9.17) is 5.11 Å². The van der Waals surface area contributed by atoms with Crippen molar-refractivity contribution in [3.05, 3.63) is 0 Å². The Morgan fingerprint density at radius 3 is 2.57 bits per heavy atom. The molecule has 0 aromatic heterocycles. The summed E-state index contributed by atoms with van der Waals surface area (Å²) in [6.45, 7) is 0.444. The summed E-state index contributed by atoms with van der Waals surface area (Å²) >= 11 is 0. The van der Waals surface area contributed by atoms with Crippen LogP contribution >= 0.6 is 0 Å². The number of carbonyl (C=O) groups is 3. The molecule has 2 saturated heterocycles. The van der Waals surface area contributed by atoms with Crippen molar-refractivity contribution >= 4 is 17.8 Å². The Morgan fingerprint density at radius 1 is 1.43 bits per heavy atom. The lowest BCUT2D eigenvalue weighted by molar-refractivity contribution is -0.138. The first kappa shape index (κ1) is 8.98. The number of nitrogens with zero attached hydrogens (tertiary/aromatic N) is 1. The monoisotopic (exact) mass is 198 g/mol. The highest BCUT2D eigenvalue weighted by atomic mass is 16.4. The van der Waals surface area contributed by atoms with E-state index in [-0.39, 0.29) is 37.6 Å². The number of rotatable bonds is 0. The van der Waals surface area contributed by atoms with E-state index in [0.717, 1.165) is 0 Å². The third-order valence-corrected chi connectivity index (χ3v) is 2.56. The van der Waals surface area contributed by atoms with Gasteiger partial charge in [-0.25, -0.2) is 4.79 Å². The van der Waals surface area contributed by atoms with E-state index >= 15 is 0 Å². The van der Waals surface area contributed by atoms with Crippen molar-refractivity contribution in [2.75, 3.05) is 13.1 Å². The smallest absolute Gasteiger partial charge is 0.407 e. The van der Waals surface area contributed by atoms with E-state index in [1.165, 1.54) is 4.90 Å². The predicted molar refractivity (Wildman–Crippen MR) is 44.7 cm³/mol. The minimum atomic E-state index is -1.01. The number of hydrogen-bond acceptors (Lipinski definition) is 3. The summed E-state index contributed by atoms with van der Waals surface area (Å²) in [6.07, 6.45) is -0.833. The topological polar surface area (TPSA) is 86.7 Å². The zero-order valence-corrected chi connectivity index (χ0v) is 7.45. The van der Waals surface area contributed by atoms with Crippen molar-refractivity contribution in [2.24, 2.45) is 0 Å². The molecule has 2 aliphatic heterocycles. The van der Waals surface area contributed by atoms with E-state index in [1.807, 2.05) is 0 Å². The predicted octanol–water partition coefficient (Wildman–Crippen LogP) is -0.802. The first-order valence-electron chi connectivity index (χ1n) is 4.31. The number of amides is 2. The SMILES string of the molecule is O=C1CC(=O)NC2(C1)CN(C(=O)O)C2. The third kappa shape index (κ3) is 1.32. The lowest BCUT2D eigenvalue weighted by atomic mass is 9.81. The van der Waals surface area contributed by atoms with Gasteiger partial charge in [0.25, 0.3) is 0 Å². The lowest BCUT2D eigenvalue weighted by Crippen LogP contribution is -2.73. The maximum atomic E-state index is 11.1. The highest BCUT2D eigenvalue weighted by Gasteiger charge is 2.49. The maximum Gasteiger partial charge on any atom is 0.407 e. The molecular weight excluding hydrogens is 188 g/mol. The second-order valence-electron chi connectivity index (χ2n) is 3.86. The Hall–Kier alpha value is -1.59. The number of carbonyl (C=O) groups excluding carboxylic acids is 2. The summed E-state index contributed by atoms with van der Waals surface area (Å²) in [5.41, 5.74) is -0.606. The van der Waals surface area contributed by atoms with Gasteiger partial charge >= 0.3 is 6.09 Å². The van der Waals surface area contributed by atoms with Crippen LogP contribution in [0.15, 0.2) is 0 Å². The molecule has 2 N–H and O–H groups in total. The molecule has 0 saturated carbocycles. The van der Waals surface area contributed by atoms with E-state index in [1.54, 1.807) is 0 Å². The quantitative estimate of drug-likeness (QED) is 0.499. The molecule has 14 heavy (non-hydrogen) atoms. The van der Waals surface area contributed by atoms with Gasteiger partial charge in [0.05, 0.1) is 12.0 Å². The first-order valence-corrected chi connectivity index (χ1v) is 4.31. The molecule has 0 unspecified atom stereocenters. The Morgan fingerprint density at radius 2 is 2.07 bits per heavy atom. The van der Waals surface area contributed by atoms with Gasteiger partial charge in [-0.3, -0.25) is 9.59 Å². The average molecular weight is 198 g/mol. The molecule has 0 aliphatic carbocycles. The van der Waals surface area contributed by atoms with Gasteiger partial charge in [-0.15, -0.1) is 0 Å². The fourth-order valence-electron chi connectivity index (χ4n) is 2.01. The molecule has 0 bridgehead atoms. The highest BCUT2D eigenvalue weighted by molar-refractivity contribution is 6.01. The second-order valence-corrected chi connectivity index (χ2v) is 3.86. The first-order chi connectivity index (χ1) is 6.51. The van der Waals surface area contributed by atoms with Crippen molar-refractivity contribution in [1.29, 1.82) is 0 Å². The standard InChI is InChI=1S/C8H10N2O4/c11-5-1-6(12)9-8(2-5)3-10(4-8)7(13)14/h1-4H2,(H,9,12)(H,13,14). The summed E-state index contributed by atoms with van der Waals surface area (Å²) < 4.78 is 0. The number of ketones is 1. The molecule has 0 aromatic rings. The molecule has 1 spiro atoms. The van der Waals surface area contributed by atoms with Crippen LogP contribution < -0.4 is 5.32 Å². The fourth-order valence-corrected chi connectivity index (χ4v) is 2.01. The summed E-state index contributed by atoms with van der Waals surface area (Å²) in [7, 11) is 0. The molecule has 2 rings (SSSR count). The molecule has 0 aromatic carbocycles. The van der Waals surface area contributed by atoms with Crippen LogP contribution in [0.3, 0.4) is 0 Å². The van der Waals surface area contributed by atoms with Gasteiger partial charge in [-0.2, -0.15) is 0 Å². The van der Waals surface area contributed by atoms with Crippen molar-refractivity contribution in [3.8, 4) is 0 Å². The Bertz CT molecular complexity index is 301. The molecule has 0 radical (unpaired) electrons. The van der Waals surface area contributed by atoms with Gasteiger partial charge in [0, 0.05) is 19.5 Å². The number of Topliss-reactive ketones (excluding diaryl/α,β-unsaturated/α-hetero) is 1.